The molecule has 2 aromatic carbocycles. The van der Waals surface area contributed by atoms with Crippen LogP contribution in [-0.4, -0.2) is 19.9 Å². The van der Waals surface area contributed by atoms with Crippen LogP contribution in [-0.2, 0) is 26.5 Å². The van der Waals surface area contributed by atoms with Crippen LogP contribution in [0, 0.1) is 47.6 Å². The van der Waals surface area contributed by atoms with Crippen LogP contribution < -0.4 is 0 Å². The minimum absolute atomic E-state index is 0. The van der Waals surface area contributed by atoms with Gasteiger partial charge in [0.05, 0.1) is 11.4 Å². The van der Waals surface area contributed by atoms with Gasteiger partial charge in [-0.25, -0.2) is 26.3 Å². The SMILES string of the molecule is Fc1cc(-c2[c-]cc(F)nc2F)nc(C(c2ccccc2)(c2ccccc2)c2cc(F)cc(-c3[c-]cc(F)nc3F)n2)c1.[Pt+2]. The average Bonchev–Trinajstić information content (AvgIpc) is 2.98. The first-order valence-corrected chi connectivity index (χ1v) is 12.7. The van der Waals surface area contributed by atoms with Crippen LogP contribution in [0.15, 0.2) is 97.1 Å². The average molecular weight is 778 g/mol. The van der Waals surface area contributed by atoms with Crippen LogP contribution in [0.2, 0.25) is 0 Å². The predicted molar refractivity (Wildman–Crippen MR) is 144 cm³/mol. The molecular weight excluding hydrogens is 761 g/mol. The number of aromatic nitrogens is 4. The number of hydrogen-bond donors (Lipinski definition) is 0. The summed E-state index contributed by atoms with van der Waals surface area (Å²) in [7, 11) is 0. The Morgan fingerprint density at radius 3 is 1.25 bits per heavy atom. The van der Waals surface area contributed by atoms with Gasteiger partial charge >= 0.3 is 21.1 Å². The molecule has 4 aromatic heterocycles. The number of benzene rings is 2. The fraction of sp³-hybridized carbons (Fsp3) is 0.0303. The van der Waals surface area contributed by atoms with Crippen molar-refractivity contribution in [1.82, 2.24) is 19.9 Å². The second kappa shape index (κ2) is 12.5. The van der Waals surface area contributed by atoms with E-state index in [-0.39, 0.29) is 43.8 Å². The van der Waals surface area contributed by atoms with Crippen molar-refractivity contribution in [1.29, 1.82) is 0 Å². The molecule has 0 amide bonds. The molecule has 0 aliphatic rings. The maximum Gasteiger partial charge on any atom is 2.00 e. The van der Waals surface area contributed by atoms with Gasteiger partial charge in [-0.2, -0.15) is 0 Å². The minimum Gasteiger partial charge on any atom is -0.299 e. The molecule has 0 unspecified atom stereocenters. The third kappa shape index (κ3) is 5.65. The summed E-state index contributed by atoms with van der Waals surface area (Å²) in [6.45, 7) is 0. The number of nitrogens with zero attached hydrogens (tertiary/aromatic N) is 4. The molecule has 6 rings (SSSR count). The molecule has 11 heteroatoms. The molecular formula is C33H16F6N4Pt. The minimum atomic E-state index is -1.69. The van der Waals surface area contributed by atoms with E-state index in [2.05, 4.69) is 32.1 Å². The van der Waals surface area contributed by atoms with E-state index >= 15 is 8.78 Å². The molecule has 0 spiro atoms. The number of halogens is 6. The summed E-state index contributed by atoms with van der Waals surface area (Å²) in [6.07, 6.45) is 0. The molecule has 44 heavy (non-hydrogen) atoms. The third-order valence-electron chi connectivity index (χ3n) is 6.77. The van der Waals surface area contributed by atoms with E-state index in [0.29, 0.717) is 11.1 Å². The molecule has 4 heterocycles. The summed E-state index contributed by atoms with van der Waals surface area (Å²) < 4.78 is 87.5. The Labute approximate surface area is 261 Å². The van der Waals surface area contributed by atoms with Gasteiger partial charge in [-0.1, -0.05) is 83.9 Å². The van der Waals surface area contributed by atoms with Crippen molar-refractivity contribution in [3.05, 3.63) is 167 Å². The van der Waals surface area contributed by atoms with Gasteiger partial charge in [-0.05, 0) is 46.8 Å². The van der Waals surface area contributed by atoms with Crippen molar-refractivity contribution in [3.8, 4) is 22.5 Å². The van der Waals surface area contributed by atoms with Crippen LogP contribution in [0.1, 0.15) is 22.5 Å². The Morgan fingerprint density at radius 2 is 0.886 bits per heavy atom. The molecule has 0 atom stereocenters. The molecule has 6 aromatic rings. The number of hydrogen-bond acceptors (Lipinski definition) is 4. The fourth-order valence-electron chi connectivity index (χ4n) is 5.01. The van der Waals surface area contributed by atoms with Gasteiger partial charge < -0.3 is 0 Å². The van der Waals surface area contributed by atoms with Gasteiger partial charge in [0.15, 0.2) is 0 Å². The smallest absolute Gasteiger partial charge is 0.299 e. The molecule has 0 aliphatic heterocycles. The Kier molecular flexibility index (Phi) is 8.74. The molecule has 4 nitrogen and oxygen atoms in total. The van der Waals surface area contributed by atoms with Crippen LogP contribution >= 0.6 is 0 Å². The van der Waals surface area contributed by atoms with Crippen molar-refractivity contribution in [2.24, 2.45) is 0 Å². The Bertz CT molecular complexity index is 1820. The maximum atomic E-state index is 15.5. The van der Waals surface area contributed by atoms with Crippen LogP contribution in [0.5, 0.6) is 0 Å². The van der Waals surface area contributed by atoms with E-state index in [1.165, 1.54) is 0 Å². The monoisotopic (exact) mass is 777 g/mol. The van der Waals surface area contributed by atoms with Crippen LogP contribution in [0.25, 0.3) is 22.5 Å². The summed E-state index contributed by atoms with van der Waals surface area (Å²) in [6, 6.07) is 27.4. The Morgan fingerprint density at radius 1 is 0.500 bits per heavy atom. The third-order valence-corrected chi connectivity index (χ3v) is 6.77. The van der Waals surface area contributed by atoms with Crippen LogP contribution in [0.4, 0.5) is 26.3 Å². The van der Waals surface area contributed by atoms with E-state index in [9.17, 15) is 17.6 Å². The van der Waals surface area contributed by atoms with E-state index in [1.54, 1.807) is 60.7 Å². The first-order valence-electron chi connectivity index (χ1n) is 12.7. The molecule has 0 aliphatic carbocycles. The number of rotatable bonds is 6. The van der Waals surface area contributed by atoms with Gasteiger partial charge in [0.2, 0.25) is 0 Å². The van der Waals surface area contributed by atoms with Crippen molar-refractivity contribution >= 4 is 0 Å². The maximum absolute atomic E-state index is 15.5. The van der Waals surface area contributed by atoms with E-state index in [1.807, 2.05) is 0 Å². The van der Waals surface area contributed by atoms with Crippen LogP contribution in [0.3, 0.4) is 0 Å². The quantitative estimate of drug-likeness (QED) is 0.101. The second-order valence-electron chi connectivity index (χ2n) is 9.37. The Balaban J connectivity index is 0.00000384. The van der Waals surface area contributed by atoms with Crippen molar-refractivity contribution < 1.29 is 47.4 Å². The zero-order chi connectivity index (χ0) is 30.1. The van der Waals surface area contributed by atoms with Crippen molar-refractivity contribution in [2.75, 3.05) is 0 Å². The molecule has 0 radical (unpaired) electrons. The second-order valence-corrected chi connectivity index (χ2v) is 9.37. The zero-order valence-electron chi connectivity index (χ0n) is 22.1. The van der Waals surface area contributed by atoms with E-state index in [0.717, 1.165) is 36.4 Å². The van der Waals surface area contributed by atoms with Crippen molar-refractivity contribution in [3.63, 3.8) is 0 Å². The summed E-state index contributed by atoms with van der Waals surface area (Å²) in [5, 5.41) is 0. The Hall–Kier alpha value is -4.69. The van der Waals surface area contributed by atoms with Gasteiger partial charge in [0.25, 0.3) is 0 Å². The summed E-state index contributed by atoms with van der Waals surface area (Å²) in [5.74, 6) is -6.50. The molecule has 220 valence electrons. The first-order chi connectivity index (χ1) is 20.8. The topological polar surface area (TPSA) is 51.6 Å². The summed E-state index contributed by atoms with van der Waals surface area (Å²) >= 11 is 0. The molecule has 0 fully saturated rings. The molecule has 0 saturated carbocycles. The van der Waals surface area contributed by atoms with Gasteiger partial charge in [-0.15, -0.1) is 12.1 Å². The number of pyridine rings is 4. The van der Waals surface area contributed by atoms with E-state index in [4.69, 9.17) is 0 Å². The normalized spacial score (nSPS) is 11.2. The largest absolute Gasteiger partial charge is 2.00 e. The van der Waals surface area contributed by atoms with Gasteiger partial charge in [0.1, 0.15) is 40.8 Å². The van der Waals surface area contributed by atoms with E-state index < -0.39 is 52.0 Å². The summed E-state index contributed by atoms with van der Waals surface area (Å²) in [5.41, 5.74) is -2.28. The summed E-state index contributed by atoms with van der Waals surface area (Å²) in [4.78, 5) is 15.5. The van der Waals surface area contributed by atoms with Gasteiger partial charge in [0, 0.05) is 0 Å². The standard InChI is InChI=1S/C33H16F6N4.Pt/c34-21-15-25(23-11-13-29(36)42-31(23)38)40-27(17-21)33(19-7-3-1-4-8-19,20-9-5-2-6-10-20)28-18-22(35)16-26(41-28)24-12-14-30(37)43-32(24)39;/h1-10,13-18H;/q-2;+2. The molecule has 0 N–H and O–H groups in total. The first kappa shape index (κ1) is 30.8. The zero-order valence-corrected chi connectivity index (χ0v) is 24.4. The molecule has 0 saturated heterocycles. The van der Waals surface area contributed by atoms with Gasteiger partial charge in [-0.3, -0.25) is 19.9 Å². The van der Waals surface area contributed by atoms with Crippen molar-refractivity contribution in [2.45, 2.75) is 5.41 Å². The fourth-order valence-corrected chi connectivity index (χ4v) is 5.01. The predicted octanol–water partition coefficient (Wildman–Crippen LogP) is 7.42. The molecule has 0 bridgehead atoms.